The van der Waals surface area contributed by atoms with Crippen LogP contribution in [0.15, 0.2) is 43.0 Å². The average molecular weight is 469 g/mol. The minimum absolute atomic E-state index is 0.0265. The van der Waals surface area contributed by atoms with Crippen LogP contribution in [-0.2, 0) is 4.74 Å². The molecule has 2 aliphatic rings. The Morgan fingerprint density at radius 1 is 0.971 bits per heavy atom. The first-order valence-electron chi connectivity index (χ1n) is 12.1. The summed E-state index contributed by atoms with van der Waals surface area (Å²) in [5.74, 6) is 4.34. The van der Waals surface area contributed by atoms with Crippen LogP contribution in [0.5, 0.6) is 5.75 Å². The van der Waals surface area contributed by atoms with Crippen molar-refractivity contribution < 1.29 is 22.6 Å². The van der Waals surface area contributed by atoms with Gasteiger partial charge in [0, 0.05) is 12.2 Å². The Bertz CT molecular complexity index is 1080. The van der Waals surface area contributed by atoms with Crippen molar-refractivity contribution in [1.82, 2.24) is 0 Å². The molecule has 2 saturated carbocycles. The highest BCUT2D eigenvalue weighted by Gasteiger charge is 2.37. The first kappa shape index (κ1) is 24.4. The number of ether oxygens (including phenoxy) is 2. The second-order valence-corrected chi connectivity index (χ2v) is 9.25. The summed E-state index contributed by atoms with van der Waals surface area (Å²) in [6.07, 6.45) is 7.87. The van der Waals surface area contributed by atoms with Crippen LogP contribution in [0.4, 0.5) is 13.2 Å². The summed E-state index contributed by atoms with van der Waals surface area (Å²) in [7, 11) is 0. The van der Waals surface area contributed by atoms with Crippen molar-refractivity contribution in [2.24, 2.45) is 11.8 Å². The van der Waals surface area contributed by atoms with E-state index in [9.17, 15) is 8.78 Å². The Labute approximate surface area is 200 Å². The van der Waals surface area contributed by atoms with Gasteiger partial charge in [0.25, 0.3) is 0 Å². The van der Waals surface area contributed by atoms with Crippen LogP contribution < -0.4 is 4.74 Å². The molecule has 180 valence electrons. The van der Waals surface area contributed by atoms with E-state index in [1.165, 1.54) is 24.3 Å². The van der Waals surface area contributed by atoms with Gasteiger partial charge < -0.3 is 9.47 Å². The van der Waals surface area contributed by atoms with Crippen LogP contribution >= 0.6 is 0 Å². The molecule has 0 radical (unpaired) electrons. The minimum Gasteiger partial charge on any atom is -0.486 e. The van der Waals surface area contributed by atoms with Gasteiger partial charge >= 0.3 is 0 Å². The molecule has 2 nitrogen and oxygen atoms in total. The number of hydrogen-bond acceptors (Lipinski definition) is 2. The summed E-state index contributed by atoms with van der Waals surface area (Å²) < 4.78 is 55.1. The van der Waals surface area contributed by atoms with Crippen LogP contribution in [0.2, 0.25) is 0 Å². The average Bonchev–Trinajstić information content (AvgIpc) is 2.84. The van der Waals surface area contributed by atoms with Crippen molar-refractivity contribution in [2.75, 3.05) is 13.2 Å². The SMILES string of the molecule is C=CCOc1ccc(C#Cc2ccc(C3CCC4CC(OCC)CCC4C3)c(F)c2F)cc1F. The molecule has 0 bridgehead atoms. The van der Waals surface area contributed by atoms with Crippen molar-refractivity contribution in [3.05, 3.63) is 77.1 Å². The third-order valence-electron chi connectivity index (χ3n) is 7.15. The lowest BCUT2D eigenvalue weighted by atomic mass is 9.65. The molecule has 34 heavy (non-hydrogen) atoms. The molecule has 5 heteroatoms. The van der Waals surface area contributed by atoms with Gasteiger partial charge in [0.05, 0.1) is 11.7 Å². The molecule has 0 spiro atoms. The fourth-order valence-electron chi connectivity index (χ4n) is 5.48. The first-order valence-corrected chi connectivity index (χ1v) is 12.1. The molecule has 4 rings (SSSR count). The molecule has 2 aliphatic carbocycles. The van der Waals surface area contributed by atoms with E-state index >= 15 is 4.39 Å². The normalized spacial score (nSPS) is 24.0. The predicted molar refractivity (Wildman–Crippen MR) is 127 cm³/mol. The lowest BCUT2D eigenvalue weighted by Gasteiger charge is -2.42. The monoisotopic (exact) mass is 468 g/mol. The third kappa shape index (κ3) is 5.50. The summed E-state index contributed by atoms with van der Waals surface area (Å²) in [5, 5.41) is 0. The van der Waals surface area contributed by atoms with Gasteiger partial charge in [-0.3, -0.25) is 0 Å². The predicted octanol–water partition coefficient (Wildman–Crippen LogP) is 7.16. The quantitative estimate of drug-likeness (QED) is 0.331. The van der Waals surface area contributed by atoms with E-state index in [0.29, 0.717) is 29.1 Å². The molecule has 0 saturated heterocycles. The maximum Gasteiger partial charge on any atom is 0.174 e. The largest absolute Gasteiger partial charge is 0.486 e. The van der Waals surface area contributed by atoms with E-state index in [4.69, 9.17) is 9.47 Å². The maximum absolute atomic E-state index is 15.0. The summed E-state index contributed by atoms with van der Waals surface area (Å²) in [5.41, 5.74) is 0.774. The Kier molecular flexibility index (Phi) is 8.00. The van der Waals surface area contributed by atoms with E-state index in [-0.39, 0.29) is 23.8 Å². The molecule has 0 N–H and O–H groups in total. The zero-order valence-corrected chi connectivity index (χ0v) is 19.6. The standard InChI is InChI=1S/C29H31F3O2/c1-3-15-34-27-14-6-19(16-26(27)30)5-7-20-11-13-25(29(32)28(20)31)23-9-8-22-18-24(33-4-2)12-10-21(22)17-23/h3,6,11,13-14,16,21-24H,1,4,8-10,12,15,17-18H2,2H3. The van der Waals surface area contributed by atoms with Crippen LogP contribution in [0.25, 0.3) is 0 Å². The van der Waals surface area contributed by atoms with Crippen LogP contribution in [0.3, 0.4) is 0 Å². The van der Waals surface area contributed by atoms with Crippen LogP contribution in [0.1, 0.15) is 68.1 Å². The highest BCUT2D eigenvalue weighted by Crippen LogP contribution is 2.47. The molecule has 2 fully saturated rings. The molecular formula is C29H31F3O2. The zero-order valence-electron chi connectivity index (χ0n) is 19.6. The van der Waals surface area contributed by atoms with Crippen molar-refractivity contribution in [1.29, 1.82) is 0 Å². The van der Waals surface area contributed by atoms with Gasteiger partial charge in [0.15, 0.2) is 23.2 Å². The Balaban J connectivity index is 1.45. The van der Waals surface area contributed by atoms with E-state index in [1.54, 1.807) is 12.1 Å². The zero-order chi connectivity index (χ0) is 24.1. The number of benzene rings is 2. The Morgan fingerprint density at radius 3 is 2.53 bits per heavy atom. The molecule has 2 aromatic carbocycles. The molecule has 0 aliphatic heterocycles. The smallest absolute Gasteiger partial charge is 0.174 e. The third-order valence-corrected chi connectivity index (χ3v) is 7.15. The van der Waals surface area contributed by atoms with Gasteiger partial charge in [-0.05, 0) is 93.0 Å². The lowest BCUT2D eigenvalue weighted by molar-refractivity contribution is -0.00970. The van der Waals surface area contributed by atoms with Crippen LogP contribution in [-0.4, -0.2) is 19.3 Å². The molecule has 0 aromatic heterocycles. The van der Waals surface area contributed by atoms with Crippen molar-refractivity contribution >= 4 is 0 Å². The second kappa shape index (κ2) is 11.1. The second-order valence-electron chi connectivity index (χ2n) is 9.25. The number of hydrogen-bond donors (Lipinski definition) is 0. The lowest BCUT2D eigenvalue weighted by Crippen LogP contribution is -2.34. The van der Waals surface area contributed by atoms with E-state index in [2.05, 4.69) is 18.4 Å². The van der Waals surface area contributed by atoms with Gasteiger partial charge in [-0.25, -0.2) is 13.2 Å². The Morgan fingerprint density at radius 2 is 1.76 bits per heavy atom. The molecule has 4 atom stereocenters. The summed E-state index contributed by atoms with van der Waals surface area (Å²) in [6.45, 7) is 6.49. The molecular weight excluding hydrogens is 437 g/mol. The Hall–Kier alpha value is -2.71. The van der Waals surface area contributed by atoms with Crippen molar-refractivity contribution in [3.8, 4) is 17.6 Å². The van der Waals surface area contributed by atoms with Gasteiger partial charge in [-0.2, -0.15) is 0 Å². The summed E-state index contributed by atoms with van der Waals surface area (Å²) in [6, 6.07) is 7.46. The highest BCUT2D eigenvalue weighted by atomic mass is 19.2. The minimum atomic E-state index is -0.932. The fraction of sp³-hybridized carbons (Fsp3) is 0.448. The topological polar surface area (TPSA) is 18.5 Å². The highest BCUT2D eigenvalue weighted by molar-refractivity contribution is 5.46. The van der Waals surface area contributed by atoms with Gasteiger partial charge in [-0.15, -0.1) is 0 Å². The van der Waals surface area contributed by atoms with E-state index in [0.717, 1.165) is 45.1 Å². The van der Waals surface area contributed by atoms with Gasteiger partial charge in [0.2, 0.25) is 0 Å². The summed E-state index contributed by atoms with van der Waals surface area (Å²) >= 11 is 0. The maximum atomic E-state index is 15.0. The van der Waals surface area contributed by atoms with Gasteiger partial charge in [0.1, 0.15) is 6.61 Å². The number of rotatable bonds is 6. The molecule has 0 amide bonds. The summed E-state index contributed by atoms with van der Waals surface area (Å²) in [4.78, 5) is 0. The van der Waals surface area contributed by atoms with Crippen molar-refractivity contribution in [2.45, 2.75) is 57.5 Å². The number of fused-ring (bicyclic) bond motifs is 1. The van der Waals surface area contributed by atoms with Gasteiger partial charge in [-0.1, -0.05) is 30.6 Å². The van der Waals surface area contributed by atoms with Crippen LogP contribution in [0, 0.1) is 41.1 Å². The molecule has 2 aromatic rings. The van der Waals surface area contributed by atoms with E-state index in [1.807, 2.05) is 6.92 Å². The van der Waals surface area contributed by atoms with E-state index < -0.39 is 17.5 Å². The first-order chi connectivity index (χ1) is 16.5. The van der Waals surface area contributed by atoms with Crippen molar-refractivity contribution in [3.63, 3.8) is 0 Å². The molecule has 4 unspecified atom stereocenters. The fourth-order valence-corrected chi connectivity index (χ4v) is 5.48. The number of halogens is 3. The molecule has 0 heterocycles.